The normalized spacial score (nSPS) is 13.9. The third kappa shape index (κ3) is 4.89. The summed E-state index contributed by atoms with van der Waals surface area (Å²) in [6, 6.07) is 9.49. The molecule has 0 fully saturated rings. The first-order chi connectivity index (χ1) is 8.50. The summed E-state index contributed by atoms with van der Waals surface area (Å²) in [6.45, 7) is 3.35. The van der Waals surface area contributed by atoms with Gasteiger partial charge in [-0.3, -0.25) is 9.59 Å². The minimum Gasteiger partial charge on any atom is -0.480 e. The van der Waals surface area contributed by atoms with Crippen molar-refractivity contribution in [1.29, 1.82) is 0 Å². The monoisotopic (exact) mass is 268 g/mol. The minimum atomic E-state index is -1.03. The predicted molar refractivity (Wildman–Crippen MR) is 70.4 cm³/mol. The number of carbonyl (C=O) groups is 2. The number of ether oxygens (including phenoxy) is 1. The lowest BCUT2D eigenvalue weighted by molar-refractivity contribution is -0.139. The largest absolute Gasteiger partial charge is 0.480 e. The van der Waals surface area contributed by atoms with Crippen LogP contribution in [0.25, 0.3) is 0 Å². The standard InChI is InChI=1S/C13H16O4S/c1-9(12(13(15)16)18-10(2)14)17-8-11-6-4-3-5-7-11/h3-7,9,12H,8H2,1-2H3,(H,15,16)/t9-,12+/m1/s1. The number of benzene rings is 1. The van der Waals surface area contributed by atoms with Crippen molar-refractivity contribution in [3.05, 3.63) is 35.9 Å². The molecule has 1 rings (SSSR count). The summed E-state index contributed by atoms with van der Waals surface area (Å²) in [6.07, 6.45) is -0.531. The van der Waals surface area contributed by atoms with Crippen LogP contribution in [0.3, 0.4) is 0 Å². The third-order valence-corrected chi connectivity index (χ3v) is 3.49. The van der Waals surface area contributed by atoms with E-state index in [9.17, 15) is 9.59 Å². The van der Waals surface area contributed by atoms with Crippen LogP contribution >= 0.6 is 11.8 Å². The fourth-order valence-corrected chi connectivity index (χ4v) is 2.14. The first kappa shape index (κ1) is 14.7. The van der Waals surface area contributed by atoms with Crippen LogP contribution in [0.4, 0.5) is 0 Å². The number of hydrogen-bond donors (Lipinski definition) is 1. The summed E-state index contributed by atoms with van der Waals surface area (Å²) in [5.41, 5.74) is 0.973. The van der Waals surface area contributed by atoms with Gasteiger partial charge in [-0.1, -0.05) is 42.1 Å². The fourth-order valence-electron chi connectivity index (χ4n) is 1.42. The van der Waals surface area contributed by atoms with Gasteiger partial charge in [-0.2, -0.15) is 0 Å². The van der Waals surface area contributed by atoms with E-state index in [1.165, 1.54) is 6.92 Å². The number of hydrogen-bond acceptors (Lipinski definition) is 4. The Bertz CT molecular complexity index is 405. The summed E-state index contributed by atoms with van der Waals surface area (Å²) in [5, 5.41) is 7.94. The van der Waals surface area contributed by atoms with Crippen molar-refractivity contribution >= 4 is 22.8 Å². The molecule has 0 aliphatic carbocycles. The molecule has 0 heterocycles. The Morgan fingerprint density at radius 2 is 1.94 bits per heavy atom. The Labute approximate surface area is 110 Å². The number of carboxylic acid groups (broad SMARTS) is 1. The second-order valence-corrected chi connectivity index (χ2v) is 5.19. The van der Waals surface area contributed by atoms with Gasteiger partial charge in [-0.25, -0.2) is 0 Å². The molecular formula is C13H16O4S. The lowest BCUT2D eigenvalue weighted by atomic mass is 10.2. The first-order valence-electron chi connectivity index (χ1n) is 5.56. The van der Waals surface area contributed by atoms with E-state index in [0.717, 1.165) is 17.3 Å². The fraction of sp³-hybridized carbons (Fsp3) is 0.385. The third-order valence-electron chi connectivity index (χ3n) is 2.32. The molecule has 2 atom stereocenters. The van der Waals surface area contributed by atoms with E-state index in [1.807, 2.05) is 30.3 Å². The minimum absolute atomic E-state index is 0.224. The maximum absolute atomic E-state index is 11.0. The number of carboxylic acids is 1. The van der Waals surface area contributed by atoms with Crippen LogP contribution in [0.1, 0.15) is 19.4 Å². The maximum atomic E-state index is 11.0. The van der Waals surface area contributed by atoms with Gasteiger partial charge in [0.05, 0.1) is 12.7 Å². The van der Waals surface area contributed by atoms with Crippen molar-refractivity contribution in [2.24, 2.45) is 0 Å². The van der Waals surface area contributed by atoms with E-state index in [1.54, 1.807) is 6.92 Å². The lowest BCUT2D eigenvalue weighted by Crippen LogP contribution is -2.32. The molecule has 0 aromatic heterocycles. The van der Waals surface area contributed by atoms with Crippen LogP contribution in [0.15, 0.2) is 30.3 Å². The van der Waals surface area contributed by atoms with Gasteiger partial charge >= 0.3 is 5.97 Å². The van der Waals surface area contributed by atoms with Crippen LogP contribution in [-0.4, -0.2) is 27.5 Å². The average Bonchev–Trinajstić information content (AvgIpc) is 2.34. The van der Waals surface area contributed by atoms with E-state index in [2.05, 4.69) is 0 Å². The number of carbonyl (C=O) groups excluding carboxylic acids is 1. The highest BCUT2D eigenvalue weighted by atomic mass is 32.2. The topological polar surface area (TPSA) is 63.6 Å². The maximum Gasteiger partial charge on any atom is 0.319 e. The molecule has 0 aliphatic heterocycles. The molecular weight excluding hydrogens is 252 g/mol. The van der Waals surface area contributed by atoms with Gasteiger partial charge < -0.3 is 9.84 Å². The number of thioether (sulfide) groups is 1. The summed E-state index contributed by atoms with van der Waals surface area (Å²) >= 11 is 0.787. The van der Waals surface area contributed by atoms with Crippen LogP contribution < -0.4 is 0 Å². The molecule has 4 nitrogen and oxygen atoms in total. The molecule has 0 aliphatic rings. The Balaban J connectivity index is 2.54. The second-order valence-electron chi connectivity index (χ2n) is 3.87. The smallest absolute Gasteiger partial charge is 0.319 e. The summed E-state index contributed by atoms with van der Waals surface area (Å²) in [7, 11) is 0. The van der Waals surface area contributed by atoms with Gasteiger partial charge in [0.15, 0.2) is 5.12 Å². The molecule has 1 N–H and O–H groups in total. The van der Waals surface area contributed by atoms with Crippen LogP contribution in [0.5, 0.6) is 0 Å². The van der Waals surface area contributed by atoms with E-state index < -0.39 is 17.3 Å². The molecule has 0 saturated carbocycles. The van der Waals surface area contributed by atoms with Gasteiger partial charge in [0, 0.05) is 6.92 Å². The molecule has 18 heavy (non-hydrogen) atoms. The van der Waals surface area contributed by atoms with E-state index in [0.29, 0.717) is 6.61 Å². The molecule has 98 valence electrons. The zero-order valence-electron chi connectivity index (χ0n) is 10.3. The second kappa shape index (κ2) is 7.18. The van der Waals surface area contributed by atoms with Crippen molar-refractivity contribution in [2.75, 3.05) is 0 Å². The summed E-state index contributed by atoms with van der Waals surface area (Å²) in [5.74, 6) is -1.03. The Morgan fingerprint density at radius 3 is 2.44 bits per heavy atom. The molecule has 0 bridgehead atoms. The SMILES string of the molecule is CC(=O)S[C@H](C(=O)O)[C@@H](C)OCc1ccccc1. The van der Waals surface area contributed by atoms with Gasteiger partial charge in [-0.15, -0.1) is 0 Å². The predicted octanol–water partition coefficient (Wildman–Crippen LogP) is 2.32. The summed E-state index contributed by atoms with van der Waals surface area (Å²) < 4.78 is 5.50. The molecule has 1 aromatic rings. The van der Waals surface area contributed by atoms with Crippen molar-refractivity contribution in [3.63, 3.8) is 0 Å². The van der Waals surface area contributed by atoms with E-state index in [4.69, 9.17) is 9.84 Å². The summed E-state index contributed by atoms with van der Waals surface area (Å²) in [4.78, 5) is 22.0. The van der Waals surface area contributed by atoms with Crippen molar-refractivity contribution in [3.8, 4) is 0 Å². The van der Waals surface area contributed by atoms with E-state index >= 15 is 0 Å². The van der Waals surface area contributed by atoms with Crippen molar-refractivity contribution in [2.45, 2.75) is 31.8 Å². The molecule has 0 radical (unpaired) electrons. The van der Waals surface area contributed by atoms with Gasteiger partial charge in [0.1, 0.15) is 5.25 Å². The number of rotatable bonds is 6. The Hall–Kier alpha value is -1.33. The molecule has 0 saturated heterocycles. The zero-order chi connectivity index (χ0) is 13.5. The highest BCUT2D eigenvalue weighted by molar-refractivity contribution is 8.14. The van der Waals surface area contributed by atoms with E-state index in [-0.39, 0.29) is 5.12 Å². The van der Waals surface area contributed by atoms with Gasteiger partial charge in [-0.05, 0) is 12.5 Å². The Kier molecular flexibility index (Phi) is 5.88. The average molecular weight is 268 g/mol. The van der Waals surface area contributed by atoms with Crippen molar-refractivity contribution in [1.82, 2.24) is 0 Å². The molecule has 0 amide bonds. The van der Waals surface area contributed by atoms with Gasteiger partial charge in [0.25, 0.3) is 0 Å². The molecule has 5 heteroatoms. The quantitative estimate of drug-likeness (QED) is 0.857. The molecule has 0 spiro atoms. The van der Waals surface area contributed by atoms with Crippen LogP contribution in [-0.2, 0) is 20.9 Å². The highest BCUT2D eigenvalue weighted by Crippen LogP contribution is 2.19. The van der Waals surface area contributed by atoms with Crippen LogP contribution in [0, 0.1) is 0 Å². The van der Waals surface area contributed by atoms with Crippen molar-refractivity contribution < 1.29 is 19.4 Å². The Morgan fingerprint density at radius 1 is 1.33 bits per heavy atom. The first-order valence-corrected chi connectivity index (χ1v) is 6.44. The lowest BCUT2D eigenvalue weighted by Gasteiger charge is -2.19. The molecule has 0 unspecified atom stereocenters. The highest BCUT2D eigenvalue weighted by Gasteiger charge is 2.27. The number of aliphatic carboxylic acids is 1. The van der Waals surface area contributed by atoms with Gasteiger partial charge in [0.2, 0.25) is 0 Å². The van der Waals surface area contributed by atoms with Crippen LogP contribution in [0.2, 0.25) is 0 Å². The zero-order valence-corrected chi connectivity index (χ0v) is 11.1. The molecule has 1 aromatic carbocycles.